The Bertz CT molecular complexity index is 695. The molecule has 1 aliphatic heterocycles. The van der Waals surface area contributed by atoms with Crippen LogP contribution in [-0.4, -0.2) is 35.9 Å². The molecule has 3 rings (SSSR count). The molecule has 0 spiro atoms. The van der Waals surface area contributed by atoms with E-state index in [1.54, 1.807) is 6.92 Å². The zero-order valence-electron chi connectivity index (χ0n) is 13.5. The molecule has 1 aromatic rings. The summed E-state index contributed by atoms with van der Waals surface area (Å²) in [7, 11) is 0. The van der Waals surface area contributed by atoms with E-state index in [-0.39, 0.29) is 31.2 Å². The van der Waals surface area contributed by atoms with Gasteiger partial charge in [0.15, 0.2) is 0 Å². The van der Waals surface area contributed by atoms with Crippen LogP contribution >= 0.6 is 0 Å². The minimum absolute atomic E-state index is 0.0603. The van der Waals surface area contributed by atoms with Crippen LogP contribution < -0.4 is 0 Å². The molecule has 6 heteroatoms. The van der Waals surface area contributed by atoms with Gasteiger partial charge in [-0.05, 0) is 24.5 Å². The molecule has 0 N–H and O–H groups in total. The van der Waals surface area contributed by atoms with E-state index >= 15 is 0 Å². The Kier molecular flexibility index (Phi) is 4.64. The summed E-state index contributed by atoms with van der Waals surface area (Å²) in [4.78, 5) is 37.9. The van der Waals surface area contributed by atoms with E-state index in [1.807, 2.05) is 30.3 Å². The molecule has 6 nitrogen and oxygen atoms in total. The molecule has 1 fully saturated rings. The zero-order valence-corrected chi connectivity index (χ0v) is 13.5. The average Bonchev–Trinajstić information content (AvgIpc) is 3.14. The molecular formula is C18H19NO5. The van der Waals surface area contributed by atoms with Crippen molar-refractivity contribution in [3.63, 3.8) is 0 Å². The third-order valence-electron chi connectivity index (χ3n) is 4.28. The van der Waals surface area contributed by atoms with Gasteiger partial charge >= 0.3 is 12.1 Å². The molecule has 1 saturated carbocycles. The SMILES string of the molecule is CCOC(=O)C1=C2CCC(=O)[C@H]2CN1C(=O)OCc1ccccc1. The number of hydrogen-bond donors (Lipinski definition) is 0. The van der Waals surface area contributed by atoms with Crippen LogP contribution in [0.3, 0.4) is 0 Å². The summed E-state index contributed by atoms with van der Waals surface area (Å²) in [5, 5.41) is 0. The highest BCUT2D eigenvalue weighted by molar-refractivity contribution is 5.99. The van der Waals surface area contributed by atoms with Crippen molar-refractivity contribution in [2.75, 3.05) is 13.2 Å². The van der Waals surface area contributed by atoms with E-state index < -0.39 is 18.0 Å². The first-order valence-electron chi connectivity index (χ1n) is 8.03. The van der Waals surface area contributed by atoms with Crippen molar-refractivity contribution >= 4 is 17.8 Å². The average molecular weight is 329 g/mol. The number of Topliss-reactive ketones (excluding diaryl/α,β-unsaturated/α-hetero) is 1. The van der Waals surface area contributed by atoms with Crippen molar-refractivity contribution in [3.05, 3.63) is 47.2 Å². The van der Waals surface area contributed by atoms with Crippen molar-refractivity contribution in [1.82, 2.24) is 4.90 Å². The first-order valence-corrected chi connectivity index (χ1v) is 8.03. The van der Waals surface area contributed by atoms with Gasteiger partial charge in [0, 0.05) is 13.0 Å². The second kappa shape index (κ2) is 6.86. The summed E-state index contributed by atoms with van der Waals surface area (Å²) < 4.78 is 10.4. The minimum atomic E-state index is -0.628. The van der Waals surface area contributed by atoms with Crippen LogP contribution in [0.4, 0.5) is 4.79 Å². The molecule has 24 heavy (non-hydrogen) atoms. The molecular weight excluding hydrogens is 310 g/mol. The van der Waals surface area contributed by atoms with Crippen LogP contribution in [0.25, 0.3) is 0 Å². The van der Waals surface area contributed by atoms with E-state index in [0.29, 0.717) is 18.4 Å². The van der Waals surface area contributed by atoms with Crippen molar-refractivity contribution in [2.24, 2.45) is 5.92 Å². The Morgan fingerprint density at radius 1 is 1.17 bits per heavy atom. The molecule has 0 unspecified atom stereocenters. The van der Waals surface area contributed by atoms with Crippen molar-refractivity contribution in [3.8, 4) is 0 Å². The van der Waals surface area contributed by atoms with Crippen LogP contribution in [0.2, 0.25) is 0 Å². The van der Waals surface area contributed by atoms with Crippen LogP contribution in [-0.2, 0) is 25.7 Å². The smallest absolute Gasteiger partial charge is 0.414 e. The van der Waals surface area contributed by atoms with E-state index in [0.717, 1.165) is 5.56 Å². The lowest BCUT2D eigenvalue weighted by atomic mass is 10.0. The monoisotopic (exact) mass is 329 g/mol. The van der Waals surface area contributed by atoms with Gasteiger partial charge in [-0.1, -0.05) is 30.3 Å². The summed E-state index contributed by atoms with van der Waals surface area (Å²) in [6.45, 7) is 2.19. The van der Waals surface area contributed by atoms with Gasteiger partial charge in [-0.3, -0.25) is 9.69 Å². The number of ether oxygens (including phenoxy) is 2. The van der Waals surface area contributed by atoms with Crippen LogP contribution in [0, 0.1) is 5.92 Å². The van der Waals surface area contributed by atoms with Crippen LogP contribution in [0.5, 0.6) is 0 Å². The van der Waals surface area contributed by atoms with Gasteiger partial charge in [-0.2, -0.15) is 0 Å². The Morgan fingerprint density at radius 2 is 1.92 bits per heavy atom. The third kappa shape index (κ3) is 3.04. The fourth-order valence-electron chi connectivity index (χ4n) is 3.15. The first kappa shape index (κ1) is 16.2. The molecule has 0 saturated heterocycles. The second-order valence-corrected chi connectivity index (χ2v) is 5.76. The minimum Gasteiger partial charge on any atom is -0.461 e. The van der Waals surface area contributed by atoms with E-state index in [1.165, 1.54) is 4.90 Å². The molecule has 0 radical (unpaired) electrons. The van der Waals surface area contributed by atoms with E-state index in [2.05, 4.69) is 0 Å². The Morgan fingerprint density at radius 3 is 2.62 bits per heavy atom. The van der Waals surface area contributed by atoms with Crippen molar-refractivity contribution < 1.29 is 23.9 Å². The largest absolute Gasteiger partial charge is 0.461 e. The third-order valence-corrected chi connectivity index (χ3v) is 4.28. The fourth-order valence-corrected chi connectivity index (χ4v) is 3.15. The van der Waals surface area contributed by atoms with Gasteiger partial charge in [0.25, 0.3) is 0 Å². The quantitative estimate of drug-likeness (QED) is 0.793. The lowest BCUT2D eigenvalue weighted by molar-refractivity contribution is -0.140. The number of nitrogens with zero attached hydrogens (tertiary/aromatic N) is 1. The molecule has 1 aromatic carbocycles. The van der Waals surface area contributed by atoms with Gasteiger partial charge < -0.3 is 9.47 Å². The van der Waals surface area contributed by atoms with E-state index in [9.17, 15) is 14.4 Å². The fraction of sp³-hybridized carbons (Fsp3) is 0.389. The maximum atomic E-state index is 12.4. The number of rotatable bonds is 4. The predicted molar refractivity (Wildman–Crippen MR) is 84.7 cm³/mol. The molecule has 0 aromatic heterocycles. The second-order valence-electron chi connectivity index (χ2n) is 5.76. The number of carbonyl (C=O) groups excluding carboxylic acids is 3. The molecule has 2 aliphatic rings. The summed E-state index contributed by atoms with van der Waals surface area (Å²) in [6.07, 6.45) is 0.284. The number of fused-ring (bicyclic) bond motifs is 1. The van der Waals surface area contributed by atoms with Gasteiger partial charge in [0.2, 0.25) is 0 Å². The Hall–Kier alpha value is -2.63. The van der Waals surface area contributed by atoms with Crippen molar-refractivity contribution in [2.45, 2.75) is 26.4 Å². The molecule has 1 amide bonds. The summed E-state index contributed by atoms with van der Waals surface area (Å²) in [5.74, 6) is -0.903. The number of esters is 1. The number of hydrogen-bond acceptors (Lipinski definition) is 5. The normalized spacial score (nSPS) is 19.5. The number of carbonyl (C=O) groups is 3. The lowest BCUT2D eigenvalue weighted by Crippen LogP contribution is -2.34. The van der Waals surface area contributed by atoms with Crippen LogP contribution in [0.15, 0.2) is 41.6 Å². The highest BCUT2D eigenvalue weighted by Crippen LogP contribution is 2.39. The first-order chi connectivity index (χ1) is 11.6. The summed E-state index contributed by atoms with van der Waals surface area (Å²) >= 11 is 0. The van der Waals surface area contributed by atoms with Gasteiger partial charge in [-0.15, -0.1) is 0 Å². The Labute approximate surface area is 140 Å². The summed E-state index contributed by atoms with van der Waals surface area (Å²) in [5.41, 5.74) is 1.74. The number of ketones is 1. The summed E-state index contributed by atoms with van der Waals surface area (Å²) in [6, 6.07) is 9.28. The molecule has 126 valence electrons. The standard InChI is InChI=1S/C18H19NO5/c1-2-23-17(21)16-13-8-9-15(20)14(13)10-19(16)18(22)24-11-12-6-4-3-5-7-12/h3-7,14H,2,8-11H2,1H3/t14-/m0/s1. The van der Waals surface area contributed by atoms with Gasteiger partial charge in [0.05, 0.1) is 12.5 Å². The maximum Gasteiger partial charge on any atom is 0.414 e. The molecule has 1 heterocycles. The zero-order chi connectivity index (χ0) is 17.1. The molecule has 1 atom stereocenters. The highest BCUT2D eigenvalue weighted by Gasteiger charge is 2.45. The van der Waals surface area contributed by atoms with Crippen LogP contribution in [0.1, 0.15) is 25.3 Å². The maximum absolute atomic E-state index is 12.4. The topological polar surface area (TPSA) is 72.9 Å². The number of benzene rings is 1. The van der Waals surface area contributed by atoms with E-state index in [4.69, 9.17) is 9.47 Å². The van der Waals surface area contributed by atoms with Gasteiger partial charge in [0.1, 0.15) is 18.1 Å². The molecule has 0 bridgehead atoms. The predicted octanol–water partition coefficient (Wildman–Crippen LogP) is 2.44. The van der Waals surface area contributed by atoms with Gasteiger partial charge in [-0.25, -0.2) is 9.59 Å². The number of amides is 1. The Balaban J connectivity index is 1.76. The molecule has 1 aliphatic carbocycles. The van der Waals surface area contributed by atoms with Crippen molar-refractivity contribution in [1.29, 1.82) is 0 Å². The highest BCUT2D eigenvalue weighted by atomic mass is 16.6. The lowest BCUT2D eigenvalue weighted by Gasteiger charge is -2.20.